The summed E-state index contributed by atoms with van der Waals surface area (Å²) in [5.74, 6) is 2.63. The molecule has 3 aromatic rings. The highest BCUT2D eigenvalue weighted by atomic mass is 79.9. The van der Waals surface area contributed by atoms with Crippen molar-refractivity contribution in [1.82, 2.24) is 5.16 Å². The second-order valence-electron chi connectivity index (χ2n) is 4.71. The highest BCUT2D eigenvalue weighted by molar-refractivity contribution is 9.10. The van der Waals surface area contributed by atoms with Gasteiger partial charge in [0.05, 0.1) is 21.3 Å². The van der Waals surface area contributed by atoms with E-state index in [-0.39, 0.29) is 0 Å². The van der Waals surface area contributed by atoms with Crippen molar-refractivity contribution < 1.29 is 18.7 Å². The van der Waals surface area contributed by atoms with E-state index in [4.69, 9.17) is 18.7 Å². The molecule has 0 atom stereocenters. The van der Waals surface area contributed by atoms with Crippen LogP contribution in [0.25, 0.3) is 11.0 Å². The molecule has 1 heterocycles. The van der Waals surface area contributed by atoms with Crippen LogP contribution >= 0.6 is 27.9 Å². The maximum absolute atomic E-state index is 5.42. The van der Waals surface area contributed by atoms with Gasteiger partial charge in [-0.2, -0.15) is 0 Å². The first-order valence-corrected chi connectivity index (χ1v) is 9.55. The molecule has 26 heavy (non-hydrogen) atoms. The van der Waals surface area contributed by atoms with Crippen molar-refractivity contribution in [1.29, 1.82) is 0 Å². The first-order chi connectivity index (χ1) is 12.7. The predicted molar refractivity (Wildman–Crippen MR) is 109 cm³/mol. The summed E-state index contributed by atoms with van der Waals surface area (Å²) in [6.07, 6.45) is 0. The van der Waals surface area contributed by atoms with Crippen molar-refractivity contribution in [2.75, 3.05) is 26.1 Å². The van der Waals surface area contributed by atoms with Crippen molar-refractivity contribution in [3.05, 3.63) is 34.8 Å². The minimum atomic E-state index is 0.562. The van der Waals surface area contributed by atoms with Gasteiger partial charge < -0.3 is 23.5 Å². The molecule has 0 aliphatic rings. The van der Waals surface area contributed by atoms with E-state index in [1.165, 1.54) is 11.9 Å². The van der Waals surface area contributed by atoms with Crippen LogP contribution in [0.5, 0.6) is 17.2 Å². The van der Waals surface area contributed by atoms with Crippen LogP contribution in [0.15, 0.2) is 44.2 Å². The fraction of sp³-hybridized carbons (Fsp3) is 0.278. The van der Waals surface area contributed by atoms with Crippen LogP contribution in [0.2, 0.25) is 0 Å². The number of fused-ring (bicyclic) bond motifs is 1. The molecule has 3 rings (SSSR count). The number of hydrogen-bond acceptors (Lipinski definition) is 7. The molecule has 0 aliphatic heterocycles. The number of nitrogens with one attached hydrogen (secondary N) is 1. The average Bonchev–Trinajstić information content (AvgIpc) is 3.09. The Morgan fingerprint density at radius 3 is 2.19 bits per heavy atom. The molecule has 0 fully saturated rings. The number of hydrogen-bond donors (Lipinski definition) is 1. The SMILES string of the molecule is CC.COc1cccc(OC)c1SNc1noc2cc(Br)cc(OC)c12. The maximum Gasteiger partial charge on any atom is 0.191 e. The molecule has 0 spiro atoms. The van der Waals surface area contributed by atoms with E-state index < -0.39 is 0 Å². The highest BCUT2D eigenvalue weighted by Gasteiger charge is 2.17. The minimum absolute atomic E-state index is 0.562. The van der Waals surface area contributed by atoms with Gasteiger partial charge in [0.1, 0.15) is 27.5 Å². The number of anilines is 1. The topological polar surface area (TPSA) is 65.8 Å². The molecular formula is C18H21BrN2O4S. The molecule has 8 heteroatoms. The van der Waals surface area contributed by atoms with Crippen molar-refractivity contribution in [2.24, 2.45) is 0 Å². The van der Waals surface area contributed by atoms with Gasteiger partial charge in [-0.1, -0.05) is 41.0 Å². The first kappa shape index (κ1) is 20.3. The van der Waals surface area contributed by atoms with Gasteiger partial charge in [0.25, 0.3) is 0 Å². The zero-order valence-electron chi connectivity index (χ0n) is 15.3. The summed E-state index contributed by atoms with van der Waals surface area (Å²) in [4.78, 5) is 0.815. The van der Waals surface area contributed by atoms with E-state index in [0.717, 1.165) is 14.8 Å². The number of methoxy groups -OCH3 is 3. The van der Waals surface area contributed by atoms with E-state index in [1.807, 2.05) is 44.2 Å². The summed E-state index contributed by atoms with van der Waals surface area (Å²) in [6, 6.07) is 9.30. The maximum atomic E-state index is 5.42. The van der Waals surface area contributed by atoms with Gasteiger partial charge in [-0.05, 0) is 36.2 Å². The van der Waals surface area contributed by atoms with Gasteiger partial charge in [-0.3, -0.25) is 0 Å². The van der Waals surface area contributed by atoms with Crippen LogP contribution in [0.1, 0.15) is 13.8 Å². The fourth-order valence-corrected chi connectivity index (χ4v) is 3.51. The molecule has 140 valence electrons. The zero-order chi connectivity index (χ0) is 19.1. The summed E-state index contributed by atoms with van der Waals surface area (Å²) >= 11 is 4.75. The lowest BCUT2D eigenvalue weighted by atomic mass is 10.2. The Hall–Kier alpha value is -2.06. The van der Waals surface area contributed by atoms with Crippen LogP contribution in [0.3, 0.4) is 0 Å². The van der Waals surface area contributed by atoms with Gasteiger partial charge in [0.2, 0.25) is 0 Å². The van der Waals surface area contributed by atoms with E-state index in [0.29, 0.717) is 28.6 Å². The summed E-state index contributed by atoms with van der Waals surface area (Å²) < 4.78 is 25.6. The monoisotopic (exact) mass is 440 g/mol. The molecule has 0 aliphatic carbocycles. The van der Waals surface area contributed by atoms with Crippen LogP contribution in [-0.2, 0) is 0 Å². The Bertz CT molecular complexity index is 848. The van der Waals surface area contributed by atoms with Crippen LogP contribution in [-0.4, -0.2) is 26.5 Å². The molecule has 2 aromatic carbocycles. The standard InChI is InChI=1S/C16H15BrN2O4S.C2H6/c1-20-10-5-4-6-11(21-2)15(10)24-19-16-14-12(22-3)7-9(17)8-13(14)23-18-16;1-2/h4-8H,1-3H3,(H,18,19);1-2H3. The van der Waals surface area contributed by atoms with E-state index in [2.05, 4.69) is 25.8 Å². The molecule has 0 bridgehead atoms. The number of halogens is 1. The molecule has 6 nitrogen and oxygen atoms in total. The predicted octanol–water partition coefficient (Wildman–Crippen LogP) is 5.76. The van der Waals surface area contributed by atoms with Crippen LogP contribution in [0, 0.1) is 0 Å². The Labute approximate surface area is 165 Å². The van der Waals surface area contributed by atoms with Crippen molar-refractivity contribution in [3.63, 3.8) is 0 Å². The molecule has 1 aromatic heterocycles. The van der Waals surface area contributed by atoms with Crippen molar-refractivity contribution >= 4 is 44.7 Å². The zero-order valence-corrected chi connectivity index (χ0v) is 17.7. The largest absolute Gasteiger partial charge is 0.496 e. The molecular weight excluding hydrogens is 420 g/mol. The van der Waals surface area contributed by atoms with Crippen LogP contribution < -0.4 is 18.9 Å². The summed E-state index contributed by atoms with van der Waals surface area (Å²) in [6.45, 7) is 4.00. The Morgan fingerprint density at radius 2 is 1.62 bits per heavy atom. The number of rotatable bonds is 6. The normalized spacial score (nSPS) is 10.1. The third kappa shape index (κ3) is 4.19. The summed E-state index contributed by atoms with van der Waals surface area (Å²) in [5.41, 5.74) is 0.622. The lowest BCUT2D eigenvalue weighted by molar-refractivity contribution is 0.376. The molecule has 1 N–H and O–H groups in total. The van der Waals surface area contributed by atoms with Gasteiger partial charge in [-0.25, -0.2) is 0 Å². The molecule has 0 radical (unpaired) electrons. The van der Waals surface area contributed by atoms with E-state index in [1.54, 1.807) is 21.3 Å². The smallest absolute Gasteiger partial charge is 0.191 e. The number of aromatic nitrogens is 1. The number of benzene rings is 2. The van der Waals surface area contributed by atoms with Gasteiger partial charge >= 0.3 is 0 Å². The van der Waals surface area contributed by atoms with Gasteiger partial charge in [0, 0.05) is 4.47 Å². The number of ether oxygens (including phenoxy) is 3. The first-order valence-electron chi connectivity index (χ1n) is 7.94. The van der Waals surface area contributed by atoms with Crippen LogP contribution in [0.4, 0.5) is 5.82 Å². The Balaban J connectivity index is 0.00000117. The molecule has 0 amide bonds. The van der Waals surface area contributed by atoms with Crippen molar-refractivity contribution in [2.45, 2.75) is 18.7 Å². The lowest BCUT2D eigenvalue weighted by Gasteiger charge is -2.12. The van der Waals surface area contributed by atoms with Gasteiger partial charge in [0.15, 0.2) is 11.4 Å². The second-order valence-corrected chi connectivity index (χ2v) is 6.44. The Kier molecular flexibility index (Phi) is 7.47. The molecule has 0 saturated carbocycles. The highest BCUT2D eigenvalue weighted by Crippen LogP contribution is 2.41. The second kappa shape index (κ2) is 9.59. The minimum Gasteiger partial charge on any atom is -0.496 e. The Morgan fingerprint density at radius 1 is 1.00 bits per heavy atom. The van der Waals surface area contributed by atoms with E-state index >= 15 is 0 Å². The molecule has 0 unspecified atom stereocenters. The van der Waals surface area contributed by atoms with E-state index in [9.17, 15) is 0 Å². The average molecular weight is 441 g/mol. The van der Waals surface area contributed by atoms with Crippen molar-refractivity contribution in [3.8, 4) is 17.2 Å². The van der Waals surface area contributed by atoms with Gasteiger partial charge in [-0.15, -0.1) is 0 Å². The lowest BCUT2D eigenvalue weighted by Crippen LogP contribution is -1.95. The fourth-order valence-electron chi connectivity index (χ4n) is 2.25. The third-order valence-electron chi connectivity index (χ3n) is 3.36. The third-order valence-corrected chi connectivity index (χ3v) is 4.71. The number of nitrogens with zero attached hydrogens (tertiary/aromatic N) is 1. The summed E-state index contributed by atoms with van der Waals surface area (Å²) in [7, 11) is 4.84. The quantitative estimate of drug-likeness (QED) is 0.488. The molecule has 0 saturated heterocycles. The summed E-state index contributed by atoms with van der Waals surface area (Å²) in [5, 5.41) is 4.85.